The van der Waals surface area contributed by atoms with Gasteiger partial charge in [-0.3, -0.25) is 4.57 Å². The highest BCUT2D eigenvalue weighted by Crippen LogP contribution is 2.09. The third-order valence-electron chi connectivity index (χ3n) is 1.26. The smallest absolute Gasteiger partial charge is 0.418 e. The Morgan fingerprint density at radius 1 is 1.54 bits per heavy atom. The number of hydrogen-bond acceptors (Lipinski definition) is 2. The molecule has 1 rings (SSSR count). The highest BCUT2D eigenvalue weighted by atomic mass is 19.1. The number of aromatic nitrogens is 1. The number of carbonyl (C=O) groups excluding carboxylic acids is 1. The Kier molecular flexibility index (Phi) is 2.40. The molecule has 13 heavy (non-hydrogen) atoms. The van der Waals surface area contributed by atoms with Crippen LogP contribution in [-0.4, -0.2) is 16.3 Å². The second-order valence-electron chi connectivity index (χ2n) is 3.72. The molecule has 1 heterocycles. The van der Waals surface area contributed by atoms with E-state index in [-0.39, 0.29) is 0 Å². The summed E-state index contributed by atoms with van der Waals surface area (Å²) in [5.74, 6) is -0.453. The Bertz CT molecular complexity index is 312. The quantitative estimate of drug-likeness (QED) is 0.621. The van der Waals surface area contributed by atoms with Crippen LogP contribution in [0, 0.1) is 5.82 Å². The normalized spacial score (nSPS) is 11.4. The van der Waals surface area contributed by atoms with Gasteiger partial charge < -0.3 is 4.74 Å². The van der Waals surface area contributed by atoms with Gasteiger partial charge in [-0.05, 0) is 26.8 Å². The van der Waals surface area contributed by atoms with Crippen LogP contribution in [0.1, 0.15) is 20.8 Å². The maximum Gasteiger partial charge on any atom is 0.418 e. The van der Waals surface area contributed by atoms with Crippen molar-refractivity contribution < 1.29 is 13.9 Å². The zero-order valence-corrected chi connectivity index (χ0v) is 7.87. The topological polar surface area (TPSA) is 31.2 Å². The van der Waals surface area contributed by atoms with Crippen molar-refractivity contribution in [2.45, 2.75) is 26.4 Å². The lowest BCUT2D eigenvalue weighted by Crippen LogP contribution is -2.26. The summed E-state index contributed by atoms with van der Waals surface area (Å²) in [6.45, 7) is 5.26. The standard InChI is InChI=1S/C9H12FNO2/c1-9(2,3)13-8(12)11-5-4-7(10)6-11/h4-6H,1-3H3. The zero-order valence-electron chi connectivity index (χ0n) is 7.87. The van der Waals surface area contributed by atoms with Crippen molar-refractivity contribution in [2.75, 3.05) is 0 Å². The first-order chi connectivity index (χ1) is 5.88. The van der Waals surface area contributed by atoms with E-state index in [1.165, 1.54) is 12.3 Å². The van der Waals surface area contributed by atoms with Crippen molar-refractivity contribution in [1.29, 1.82) is 0 Å². The first-order valence-corrected chi connectivity index (χ1v) is 3.95. The molecule has 0 aliphatic carbocycles. The molecule has 0 fully saturated rings. The van der Waals surface area contributed by atoms with Gasteiger partial charge in [-0.15, -0.1) is 0 Å². The molecule has 72 valence electrons. The molecule has 0 spiro atoms. The van der Waals surface area contributed by atoms with Crippen LogP contribution in [0.15, 0.2) is 18.5 Å². The average molecular weight is 185 g/mol. The minimum atomic E-state index is -0.573. The Morgan fingerprint density at radius 2 is 2.15 bits per heavy atom. The van der Waals surface area contributed by atoms with Crippen molar-refractivity contribution in [1.82, 2.24) is 4.57 Å². The van der Waals surface area contributed by atoms with Gasteiger partial charge >= 0.3 is 6.09 Å². The number of nitrogens with zero attached hydrogens (tertiary/aromatic N) is 1. The third kappa shape index (κ3) is 2.89. The second-order valence-corrected chi connectivity index (χ2v) is 3.72. The number of halogens is 1. The highest BCUT2D eigenvalue weighted by molar-refractivity contribution is 5.70. The van der Waals surface area contributed by atoms with Gasteiger partial charge in [0.15, 0.2) is 0 Å². The van der Waals surface area contributed by atoms with Gasteiger partial charge in [0.25, 0.3) is 0 Å². The van der Waals surface area contributed by atoms with Crippen LogP contribution in [0.4, 0.5) is 9.18 Å². The van der Waals surface area contributed by atoms with E-state index in [0.717, 1.165) is 10.8 Å². The maximum absolute atomic E-state index is 12.5. The molecule has 1 aromatic heterocycles. The van der Waals surface area contributed by atoms with E-state index in [2.05, 4.69) is 0 Å². The molecule has 0 aliphatic rings. The molecule has 0 unspecified atom stereocenters. The molecule has 3 nitrogen and oxygen atoms in total. The van der Waals surface area contributed by atoms with E-state index >= 15 is 0 Å². The Hall–Kier alpha value is -1.32. The zero-order chi connectivity index (χ0) is 10.1. The first-order valence-electron chi connectivity index (χ1n) is 3.95. The monoisotopic (exact) mass is 185 g/mol. The first kappa shape index (κ1) is 9.77. The summed E-state index contributed by atoms with van der Waals surface area (Å²) in [5.41, 5.74) is -0.558. The van der Waals surface area contributed by atoms with Crippen LogP contribution in [0.5, 0.6) is 0 Å². The second kappa shape index (κ2) is 3.20. The lowest BCUT2D eigenvalue weighted by atomic mass is 10.2. The summed E-state index contributed by atoms with van der Waals surface area (Å²) < 4.78 is 18.6. The van der Waals surface area contributed by atoms with Gasteiger partial charge in [0.1, 0.15) is 11.4 Å². The van der Waals surface area contributed by atoms with E-state index in [1.807, 2.05) is 0 Å². The third-order valence-corrected chi connectivity index (χ3v) is 1.26. The number of rotatable bonds is 0. The Labute approximate surface area is 76.1 Å². The van der Waals surface area contributed by atoms with Crippen LogP contribution in [0.2, 0.25) is 0 Å². The molecule has 0 amide bonds. The van der Waals surface area contributed by atoms with Gasteiger partial charge in [-0.2, -0.15) is 0 Å². The van der Waals surface area contributed by atoms with E-state index in [9.17, 15) is 9.18 Å². The molecule has 0 atom stereocenters. The van der Waals surface area contributed by atoms with Crippen LogP contribution in [0.25, 0.3) is 0 Å². The van der Waals surface area contributed by atoms with Gasteiger partial charge in [0.05, 0.1) is 6.20 Å². The molecule has 1 aromatic rings. The predicted molar refractivity (Wildman–Crippen MR) is 46.0 cm³/mol. The minimum Gasteiger partial charge on any atom is -0.443 e. The summed E-state index contributed by atoms with van der Waals surface area (Å²) in [5, 5.41) is 0. The number of hydrogen-bond donors (Lipinski definition) is 0. The van der Waals surface area contributed by atoms with E-state index in [0.29, 0.717) is 0 Å². The molecule has 0 radical (unpaired) electrons. The summed E-state index contributed by atoms with van der Waals surface area (Å²) >= 11 is 0. The van der Waals surface area contributed by atoms with Gasteiger partial charge in [0.2, 0.25) is 0 Å². The molecular weight excluding hydrogens is 173 g/mol. The van der Waals surface area contributed by atoms with Gasteiger partial charge in [-0.1, -0.05) is 0 Å². The maximum atomic E-state index is 12.5. The van der Waals surface area contributed by atoms with Crippen LogP contribution in [-0.2, 0) is 4.74 Å². The van der Waals surface area contributed by atoms with Gasteiger partial charge in [-0.25, -0.2) is 9.18 Å². The molecule has 0 aromatic carbocycles. The lowest BCUT2D eigenvalue weighted by molar-refractivity contribution is 0.0536. The molecule has 4 heteroatoms. The molecule has 0 saturated carbocycles. The summed E-state index contributed by atoms with van der Waals surface area (Å²) in [6.07, 6.45) is 1.83. The molecule has 0 saturated heterocycles. The fourth-order valence-corrected chi connectivity index (χ4v) is 0.799. The molecular formula is C9H12FNO2. The van der Waals surface area contributed by atoms with E-state index in [1.54, 1.807) is 20.8 Å². The summed E-state index contributed by atoms with van der Waals surface area (Å²) in [4.78, 5) is 11.2. The molecule has 0 N–H and O–H groups in total. The summed E-state index contributed by atoms with van der Waals surface area (Å²) in [6, 6.07) is 1.20. The minimum absolute atomic E-state index is 0.453. The number of ether oxygens (including phenoxy) is 1. The van der Waals surface area contributed by atoms with Crippen molar-refractivity contribution in [3.05, 3.63) is 24.3 Å². The predicted octanol–water partition coefficient (Wildman–Crippen LogP) is 2.41. The summed E-state index contributed by atoms with van der Waals surface area (Å²) in [7, 11) is 0. The van der Waals surface area contributed by atoms with Crippen LogP contribution >= 0.6 is 0 Å². The van der Waals surface area contributed by atoms with Gasteiger partial charge in [0, 0.05) is 6.20 Å². The van der Waals surface area contributed by atoms with Crippen LogP contribution < -0.4 is 0 Å². The fraction of sp³-hybridized carbons (Fsp3) is 0.444. The lowest BCUT2D eigenvalue weighted by Gasteiger charge is -2.19. The van der Waals surface area contributed by atoms with Crippen molar-refractivity contribution in [3.63, 3.8) is 0 Å². The average Bonchev–Trinajstić information content (AvgIpc) is 2.31. The molecule has 0 bridgehead atoms. The van der Waals surface area contributed by atoms with Crippen molar-refractivity contribution >= 4 is 6.09 Å². The Balaban J connectivity index is 2.70. The molecule has 0 aliphatic heterocycles. The van der Waals surface area contributed by atoms with Crippen molar-refractivity contribution in [3.8, 4) is 0 Å². The fourth-order valence-electron chi connectivity index (χ4n) is 0.799. The highest BCUT2D eigenvalue weighted by Gasteiger charge is 2.17. The van der Waals surface area contributed by atoms with Crippen molar-refractivity contribution in [2.24, 2.45) is 0 Å². The number of carbonyl (C=O) groups is 1. The Morgan fingerprint density at radius 3 is 2.54 bits per heavy atom. The van der Waals surface area contributed by atoms with Crippen LogP contribution in [0.3, 0.4) is 0 Å². The van der Waals surface area contributed by atoms with E-state index < -0.39 is 17.5 Å². The largest absolute Gasteiger partial charge is 0.443 e. The van der Waals surface area contributed by atoms with E-state index in [4.69, 9.17) is 4.74 Å². The SMILES string of the molecule is CC(C)(C)OC(=O)n1ccc(F)c1.